The number of sulfonamides is 1. The number of carbonyl (C=O) groups is 1. The maximum Gasteiger partial charge on any atom is 0.229 e. The first-order chi connectivity index (χ1) is 21.3. The molecule has 0 aliphatic carbocycles. The van der Waals surface area contributed by atoms with Gasteiger partial charge in [-0.3, -0.25) is 24.4 Å². The highest BCUT2D eigenvalue weighted by molar-refractivity contribution is 7.92. The molecule has 0 saturated carbocycles. The van der Waals surface area contributed by atoms with Crippen LogP contribution in [0.25, 0.3) is 22.2 Å². The largest absolute Gasteiger partial charge is 0.353 e. The number of anilines is 3. The van der Waals surface area contributed by atoms with Gasteiger partial charge in [0.1, 0.15) is 5.82 Å². The van der Waals surface area contributed by atoms with Crippen molar-refractivity contribution >= 4 is 44.2 Å². The summed E-state index contributed by atoms with van der Waals surface area (Å²) in [4.78, 5) is 31.2. The van der Waals surface area contributed by atoms with Crippen molar-refractivity contribution in [3.63, 3.8) is 0 Å². The zero-order valence-corrected chi connectivity index (χ0v) is 25.2. The molecule has 3 heterocycles. The van der Waals surface area contributed by atoms with Crippen molar-refractivity contribution in [3.8, 4) is 11.1 Å². The van der Waals surface area contributed by atoms with E-state index in [9.17, 15) is 13.2 Å². The third-order valence-corrected chi connectivity index (χ3v) is 8.09. The molecule has 10 nitrogen and oxygen atoms in total. The van der Waals surface area contributed by atoms with E-state index in [1.807, 2.05) is 54.9 Å². The van der Waals surface area contributed by atoms with Crippen LogP contribution in [0.15, 0.2) is 97.5 Å². The van der Waals surface area contributed by atoms with Crippen LogP contribution in [0.3, 0.4) is 0 Å². The molecule has 1 saturated heterocycles. The third-order valence-electron chi connectivity index (χ3n) is 7.48. The Morgan fingerprint density at radius 3 is 2.25 bits per heavy atom. The van der Waals surface area contributed by atoms with Crippen LogP contribution in [0, 0.1) is 0 Å². The minimum absolute atomic E-state index is 0.159. The molecule has 1 amide bonds. The van der Waals surface area contributed by atoms with E-state index in [0.717, 1.165) is 72.5 Å². The Labute approximate surface area is 256 Å². The van der Waals surface area contributed by atoms with Gasteiger partial charge in [0.05, 0.1) is 29.9 Å². The summed E-state index contributed by atoms with van der Waals surface area (Å²) < 4.78 is 25.2. The lowest BCUT2D eigenvalue weighted by atomic mass is 10.0. The van der Waals surface area contributed by atoms with Crippen LogP contribution in [0.1, 0.15) is 11.1 Å². The fraction of sp³-hybridized carbons (Fsp3) is 0.212. The van der Waals surface area contributed by atoms with E-state index in [1.165, 1.54) is 5.56 Å². The first-order valence-corrected chi connectivity index (χ1v) is 16.3. The van der Waals surface area contributed by atoms with Gasteiger partial charge >= 0.3 is 0 Å². The fourth-order valence-electron chi connectivity index (χ4n) is 5.26. The Morgan fingerprint density at radius 1 is 0.818 bits per heavy atom. The summed E-state index contributed by atoms with van der Waals surface area (Å²) in [6.07, 6.45) is 6.85. The van der Waals surface area contributed by atoms with Crippen molar-refractivity contribution in [1.29, 1.82) is 0 Å². The highest BCUT2D eigenvalue weighted by Crippen LogP contribution is 2.26. The summed E-state index contributed by atoms with van der Waals surface area (Å²) in [7, 11) is -3.35. The number of piperazine rings is 1. The molecule has 1 aliphatic heterocycles. The average Bonchev–Trinajstić information content (AvgIpc) is 3.02. The summed E-state index contributed by atoms with van der Waals surface area (Å²) in [5.41, 5.74) is 6.87. The Balaban J connectivity index is 1.07. The van der Waals surface area contributed by atoms with Gasteiger partial charge in [-0.15, -0.1) is 0 Å². The molecule has 5 aromatic rings. The van der Waals surface area contributed by atoms with Crippen LogP contribution in [0.5, 0.6) is 0 Å². The Bertz CT molecular complexity index is 1860. The monoisotopic (exact) mass is 607 g/mol. The highest BCUT2D eigenvalue weighted by atomic mass is 32.2. The minimum Gasteiger partial charge on any atom is -0.353 e. The number of hydrogen-bond acceptors (Lipinski definition) is 8. The summed E-state index contributed by atoms with van der Waals surface area (Å²) in [6, 6.07) is 24.6. The molecular weight excluding hydrogens is 574 g/mol. The van der Waals surface area contributed by atoms with Crippen molar-refractivity contribution in [3.05, 3.63) is 109 Å². The number of benzene rings is 3. The number of amides is 1. The van der Waals surface area contributed by atoms with Crippen molar-refractivity contribution < 1.29 is 13.2 Å². The van der Waals surface area contributed by atoms with Crippen LogP contribution in [0.2, 0.25) is 0 Å². The van der Waals surface area contributed by atoms with E-state index < -0.39 is 10.0 Å². The molecule has 0 radical (unpaired) electrons. The van der Waals surface area contributed by atoms with Gasteiger partial charge in [0.2, 0.25) is 15.9 Å². The van der Waals surface area contributed by atoms with Gasteiger partial charge < -0.3 is 10.2 Å². The normalized spacial score (nSPS) is 14.0. The summed E-state index contributed by atoms with van der Waals surface area (Å²) in [6.45, 7) is 4.58. The van der Waals surface area contributed by atoms with E-state index in [-0.39, 0.29) is 12.3 Å². The SMILES string of the molecule is CS(=O)(=O)Nc1ccc(CC(=O)Nc2ccc(-c3ccc4ncc(N5CCN(Cc6cccnc6)CC5)nc4c3)cc2)cc1. The van der Waals surface area contributed by atoms with Gasteiger partial charge in [0, 0.05) is 56.5 Å². The van der Waals surface area contributed by atoms with Gasteiger partial charge in [-0.1, -0.05) is 36.4 Å². The molecule has 0 atom stereocenters. The first kappa shape index (κ1) is 29.2. The van der Waals surface area contributed by atoms with Crippen molar-refractivity contribution in [2.75, 3.05) is 47.4 Å². The standard InChI is InChI=1S/C33H33N7O3S/c1-44(42,43)38-29-9-4-24(5-10-29)19-33(41)36-28-11-6-26(7-12-28)27-8-13-30-31(20-27)37-32(22-35-30)40-17-15-39(16-18-40)23-25-3-2-14-34-21-25/h2-14,20-22,38H,15-19,23H2,1H3,(H,36,41). The van der Waals surface area contributed by atoms with E-state index in [4.69, 9.17) is 4.98 Å². The van der Waals surface area contributed by atoms with E-state index >= 15 is 0 Å². The number of pyridine rings is 1. The van der Waals surface area contributed by atoms with Crippen LogP contribution in [-0.2, 0) is 27.8 Å². The van der Waals surface area contributed by atoms with Gasteiger partial charge in [0.25, 0.3) is 0 Å². The smallest absolute Gasteiger partial charge is 0.229 e. The van der Waals surface area contributed by atoms with Crippen LogP contribution in [-0.4, -0.2) is 66.6 Å². The molecule has 0 unspecified atom stereocenters. The van der Waals surface area contributed by atoms with Crippen molar-refractivity contribution in [1.82, 2.24) is 19.9 Å². The molecule has 0 bridgehead atoms. The number of hydrogen-bond donors (Lipinski definition) is 2. The number of carbonyl (C=O) groups excluding carboxylic acids is 1. The number of nitrogens with one attached hydrogen (secondary N) is 2. The van der Waals surface area contributed by atoms with Gasteiger partial charge in [0.15, 0.2) is 0 Å². The molecule has 2 aromatic heterocycles. The molecule has 1 aliphatic rings. The van der Waals surface area contributed by atoms with E-state index in [0.29, 0.717) is 11.4 Å². The zero-order chi connectivity index (χ0) is 30.5. The van der Waals surface area contributed by atoms with Crippen LogP contribution < -0.4 is 14.9 Å². The number of aromatic nitrogens is 3. The summed E-state index contributed by atoms with van der Waals surface area (Å²) in [5.74, 6) is 0.725. The summed E-state index contributed by atoms with van der Waals surface area (Å²) in [5, 5.41) is 2.93. The molecule has 44 heavy (non-hydrogen) atoms. The molecule has 3 aromatic carbocycles. The van der Waals surface area contributed by atoms with Gasteiger partial charge in [-0.2, -0.15) is 0 Å². The Hall–Kier alpha value is -4.87. The molecular formula is C33H33N7O3S. The molecule has 0 spiro atoms. The average molecular weight is 608 g/mol. The number of nitrogens with zero attached hydrogens (tertiary/aromatic N) is 5. The number of rotatable bonds is 9. The number of fused-ring (bicyclic) bond motifs is 1. The second kappa shape index (κ2) is 12.8. The molecule has 224 valence electrons. The maximum absolute atomic E-state index is 12.6. The van der Waals surface area contributed by atoms with Gasteiger partial charge in [-0.25, -0.2) is 13.4 Å². The molecule has 6 rings (SSSR count). The molecule has 2 N–H and O–H groups in total. The predicted octanol–water partition coefficient (Wildman–Crippen LogP) is 4.57. The van der Waals surface area contributed by atoms with Crippen molar-refractivity contribution in [2.24, 2.45) is 0 Å². The topological polar surface area (TPSA) is 120 Å². The van der Waals surface area contributed by atoms with Crippen molar-refractivity contribution in [2.45, 2.75) is 13.0 Å². The fourth-order valence-corrected chi connectivity index (χ4v) is 5.82. The van der Waals surface area contributed by atoms with E-state index in [1.54, 1.807) is 30.5 Å². The lowest BCUT2D eigenvalue weighted by Gasteiger charge is -2.35. The lowest BCUT2D eigenvalue weighted by molar-refractivity contribution is -0.115. The van der Waals surface area contributed by atoms with E-state index in [2.05, 4.69) is 41.9 Å². The van der Waals surface area contributed by atoms with Crippen LogP contribution in [0.4, 0.5) is 17.2 Å². The quantitative estimate of drug-likeness (QED) is 0.250. The molecule has 11 heteroatoms. The Morgan fingerprint density at radius 2 is 1.55 bits per heavy atom. The zero-order valence-electron chi connectivity index (χ0n) is 24.3. The lowest BCUT2D eigenvalue weighted by Crippen LogP contribution is -2.46. The van der Waals surface area contributed by atoms with Crippen LogP contribution >= 0.6 is 0 Å². The summed E-state index contributed by atoms with van der Waals surface area (Å²) >= 11 is 0. The minimum atomic E-state index is -3.35. The maximum atomic E-state index is 12.6. The third kappa shape index (κ3) is 7.55. The van der Waals surface area contributed by atoms with Gasteiger partial charge in [-0.05, 0) is 64.7 Å². The Kier molecular flexibility index (Phi) is 8.49. The first-order valence-electron chi connectivity index (χ1n) is 14.4. The second-order valence-electron chi connectivity index (χ2n) is 10.9. The second-order valence-corrected chi connectivity index (χ2v) is 12.7. The highest BCUT2D eigenvalue weighted by Gasteiger charge is 2.19. The predicted molar refractivity (Wildman–Crippen MR) is 174 cm³/mol. The molecule has 1 fully saturated rings.